The van der Waals surface area contributed by atoms with Crippen LogP contribution in [0.3, 0.4) is 0 Å². The Morgan fingerprint density at radius 1 is 1.38 bits per heavy atom. The van der Waals surface area contributed by atoms with E-state index in [0.29, 0.717) is 30.8 Å². The number of cyclic esters (lactones) is 1. The third-order valence-electron chi connectivity index (χ3n) is 4.31. The Hall–Kier alpha value is -2.90. The van der Waals surface area contributed by atoms with Gasteiger partial charge in [0.05, 0.1) is 24.5 Å². The van der Waals surface area contributed by atoms with E-state index in [1.807, 2.05) is 0 Å². The molecule has 26 heavy (non-hydrogen) atoms. The number of rotatable bonds is 5. The van der Waals surface area contributed by atoms with Crippen molar-refractivity contribution in [3.05, 3.63) is 36.3 Å². The molecule has 7 nitrogen and oxygen atoms in total. The van der Waals surface area contributed by atoms with Crippen molar-refractivity contribution >= 4 is 29.2 Å². The first-order valence-corrected chi connectivity index (χ1v) is 8.50. The Balaban J connectivity index is 1.69. The Morgan fingerprint density at radius 2 is 2.19 bits per heavy atom. The summed E-state index contributed by atoms with van der Waals surface area (Å²) < 4.78 is 19.7. The van der Waals surface area contributed by atoms with Crippen LogP contribution in [0.25, 0.3) is 0 Å². The van der Waals surface area contributed by atoms with Gasteiger partial charge in [0.25, 0.3) is 0 Å². The second-order valence-electron chi connectivity index (χ2n) is 6.14. The third kappa shape index (κ3) is 3.84. The summed E-state index contributed by atoms with van der Waals surface area (Å²) in [5.41, 5.74) is 0.731. The lowest BCUT2D eigenvalue weighted by Gasteiger charge is -2.24. The average Bonchev–Trinajstić information content (AvgIpc) is 3.01. The molecule has 2 aliphatic rings. The van der Waals surface area contributed by atoms with Crippen LogP contribution in [0.1, 0.15) is 19.8 Å². The van der Waals surface area contributed by atoms with Gasteiger partial charge in [-0.1, -0.05) is 6.92 Å². The highest BCUT2D eigenvalue weighted by atomic mass is 19.1. The number of nitrogens with zero attached hydrogens (tertiary/aromatic N) is 2. The van der Waals surface area contributed by atoms with Gasteiger partial charge >= 0.3 is 6.09 Å². The summed E-state index contributed by atoms with van der Waals surface area (Å²) in [4.78, 5) is 37.6. The van der Waals surface area contributed by atoms with Gasteiger partial charge in [0.1, 0.15) is 11.9 Å². The van der Waals surface area contributed by atoms with Crippen LogP contribution < -0.4 is 15.1 Å². The normalized spacial score (nSPS) is 19.7. The maximum atomic E-state index is 14.5. The van der Waals surface area contributed by atoms with Crippen LogP contribution in [0.4, 0.5) is 20.6 Å². The van der Waals surface area contributed by atoms with E-state index in [2.05, 4.69) is 5.32 Å². The van der Waals surface area contributed by atoms with Crippen LogP contribution in [-0.4, -0.2) is 43.5 Å². The fourth-order valence-corrected chi connectivity index (χ4v) is 2.85. The molecule has 0 radical (unpaired) electrons. The lowest BCUT2D eigenvalue weighted by atomic mass is 10.1. The molecule has 1 saturated heterocycles. The monoisotopic (exact) mass is 361 g/mol. The summed E-state index contributed by atoms with van der Waals surface area (Å²) in [7, 11) is 0. The molecule has 1 fully saturated rings. The molecule has 8 heteroatoms. The molecule has 3 rings (SSSR count). The first-order chi connectivity index (χ1) is 12.5. The van der Waals surface area contributed by atoms with Gasteiger partial charge in [-0.15, -0.1) is 0 Å². The number of ketones is 1. The molecule has 2 amide bonds. The summed E-state index contributed by atoms with van der Waals surface area (Å²) in [6.45, 7) is 2.61. The van der Waals surface area contributed by atoms with Gasteiger partial charge in [-0.3, -0.25) is 14.5 Å². The molecule has 0 aromatic heterocycles. The lowest BCUT2D eigenvalue weighted by molar-refractivity contribution is -0.121. The third-order valence-corrected chi connectivity index (χ3v) is 4.31. The molecule has 2 aliphatic heterocycles. The van der Waals surface area contributed by atoms with Crippen molar-refractivity contribution in [2.75, 3.05) is 29.4 Å². The average molecular weight is 361 g/mol. The molecule has 1 unspecified atom stereocenters. The van der Waals surface area contributed by atoms with Gasteiger partial charge in [0.15, 0.2) is 5.78 Å². The lowest BCUT2D eigenvalue weighted by Crippen LogP contribution is -2.34. The van der Waals surface area contributed by atoms with Gasteiger partial charge in [-0.25, -0.2) is 9.18 Å². The molecule has 0 aliphatic carbocycles. The van der Waals surface area contributed by atoms with Crippen molar-refractivity contribution in [1.29, 1.82) is 0 Å². The zero-order chi connectivity index (χ0) is 18.7. The van der Waals surface area contributed by atoms with E-state index in [0.717, 1.165) is 0 Å². The molecule has 2 heterocycles. The Kier molecular flexibility index (Phi) is 5.20. The summed E-state index contributed by atoms with van der Waals surface area (Å²) in [6, 6.07) is 4.48. The van der Waals surface area contributed by atoms with E-state index in [4.69, 9.17) is 4.74 Å². The molecule has 1 atom stereocenters. The van der Waals surface area contributed by atoms with Crippen molar-refractivity contribution in [2.45, 2.75) is 25.9 Å². The number of hydrogen-bond donors (Lipinski definition) is 1. The number of hydrogen-bond acceptors (Lipinski definition) is 5. The summed E-state index contributed by atoms with van der Waals surface area (Å²) in [5, 5.41) is 2.68. The fourth-order valence-electron chi connectivity index (χ4n) is 2.85. The minimum absolute atomic E-state index is 0.0132. The van der Waals surface area contributed by atoms with Crippen LogP contribution in [-0.2, 0) is 14.3 Å². The molecule has 0 spiro atoms. The summed E-state index contributed by atoms with van der Waals surface area (Å²) in [6.07, 6.45) is 2.62. The molecule has 1 aromatic carbocycles. The number of benzene rings is 1. The summed E-state index contributed by atoms with van der Waals surface area (Å²) >= 11 is 0. The van der Waals surface area contributed by atoms with Gasteiger partial charge in [-0.05, 0) is 24.3 Å². The number of halogens is 1. The van der Waals surface area contributed by atoms with Gasteiger partial charge < -0.3 is 15.0 Å². The van der Waals surface area contributed by atoms with Crippen molar-refractivity contribution in [3.8, 4) is 0 Å². The standard InChI is InChI=1S/C18H20FN3O4/c1-2-17(24)20-10-14-11-22(18(25)26-14)12-3-4-16(15(19)9-12)21-7-5-13(23)6-8-21/h3-5,7,9,14H,2,6,8,10-11H2,1H3,(H,20,24). The van der Waals surface area contributed by atoms with E-state index < -0.39 is 18.0 Å². The van der Waals surface area contributed by atoms with Crippen LogP contribution in [0.2, 0.25) is 0 Å². The second-order valence-corrected chi connectivity index (χ2v) is 6.14. The van der Waals surface area contributed by atoms with Crippen LogP contribution >= 0.6 is 0 Å². The zero-order valence-corrected chi connectivity index (χ0v) is 14.4. The van der Waals surface area contributed by atoms with E-state index in [9.17, 15) is 18.8 Å². The fraction of sp³-hybridized carbons (Fsp3) is 0.389. The number of anilines is 2. The van der Waals surface area contributed by atoms with E-state index in [-0.39, 0.29) is 24.8 Å². The largest absolute Gasteiger partial charge is 0.442 e. The Labute approximate surface area is 150 Å². The minimum Gasteiger partial charge on any atom is -0.442 e. The number of carbonyl (C=O) groups is 3. The predicted molar refractivity (Wildman–Crippen MR) is 93.4 cm³/mol. The molecular formula is C18H20FN3O4. The van der Waals surface area contributed by atoms with Crippen LogP contribution in [0.5, 0.6) is 0 Å². The zero-order valence-electron chi connectivity index (χ0n) is 14.4. The van der Waals surface area contributed by atoms with Crippen molar-refractivity contribution in [3.63, 3.8) is 0 Å². The highest BCUT2D eigenvalue weighted by Gasteiger charge is 2.33. The van der Waals surface area contributed by atoms with E-state index in [1.54, 1.807) is 30.2 Å². The number of allylic oxidation sites excluding steroid dienone is 1. The van der Waals surface area contributed by atoms with Gasteiger partial charge in [0, 0.05) is 25.6 Å². The molecule has 0 saturated carbocycles. The first kappa shape index (κ1) is 17.9. The van der Waals surface area contributed by atoms with E-state index in [1.165, 1.54) is 17.0 Å². The topological polar surface area (TPSA) is 79.0 Å². The molecule has 138 valence electrons. The van der Waals surface area contributed by atoms with Gasteiger partial charge in [0.2, 0.25) is 5.91 Å². The van der Waals surface area contributed by atoms with Crippen LogP contribution in [0.15, 0.2) is 30.5 Å². The Bertz CT molecular complexity index is 765. The maximum absolute atomic E-state index is 14.5. The second kappa shape index (κ2) is 7.55. The molecule has 0 bridgehead atoms. The summed E-state index contributed by atoms with van der Waals surface area (Å²) in [5.74, 6) is -0.598. The molecular weight excluding hydrogens is 341 g/mol. The number of nitrogens with one attached hydrogen (secondary N) is 1. The highest BCUT2D eigenvalue weighted by Crippen LogP contribution is 2.28. The maximum Gasteiger partial charge on any atom is 0.414 e. The first-order valence-electron chi connectivity index (χ1n) is 8.50. The van der Waals surface area contributed by atoms with Crippen molar-refractivity contribution < 1.29 is 23.5 Å². The number of carbonyl (C=O) groups excluding carboxylic acids is 3. The number of ether oxygens (including phenoxy) is 1. The predicted octanol–water partition coefficient (Wildman–Crippen LogP) is 1.97. The number of amides is 2. The smallest absolute Gasteiger partial charge is 0.414 e. The van der Waals surface area contributed by atoms with Crippen molar-refractivity contribution in [2.24, 2.45) is 0 Å². The van der Waals surface area contributed by atoms with Gasteiger partial charge in [-0.2, -0.15) is 0 Å². The van der Waals surface area contributed by atoms with E-state index >= 15 is 0 Å². The SMILES string of the molecule is CCC(=O)NCC1CN(c2ccc(N3C=CC(=O)CC3)c(F)c2)C(=O)O1. The highest BCUT2D eigenvalue weighted by molar-refractivity contribution is 5.92. The van der Waals surface area contributed by atoms with Crippen LogP contribution in [0, 0.1) is 5.82 Å². The molecule has 1 aromatic rings. The molecule has 1 N–H and O–H groups in total. The Morgan fingerprint density at radius 3 is 2.85 bits per heavy atom. The minimum atomic E-state index is -0.573. The van der Waals surface area contributed by atoms with Crippen molar-refractivity contribution in [1.82, 2.24) is 5.32 Å². The quantitative estimate of drug-likeness (QED) is 0.867.